The quantitative estimate of drug-likeness (QED) is 0.848. The second-order valence-corrected chi connectivity index (χ2v) is 4.70. The van der Waals surface area contributed by atoms with Gasteiger partial charge in [-0.3, -0.25) is 9.59 Å². The van der Waals surface area contributed by atoms with Crippen LogP contribution in [0.25, 0.3) is 0 Å². The van der Waals surface area contributed by atoms with Crippen LogP contribution in [0, 0.1) is 18.3 Å². The van der Waals surface area contributed by atoms with Crippen molar-refractivity contribution in [1.29, 1.82) is 5.26 Å². The summed E-state index contributed by atoms with van der Waals surface area (Å²) in [6.45, 7) is 2.12. The molecule has 1 rings (SSSR count). The minimum atomic E-state index is -0.368. The van der Waals surface area contributed by atoms with Crippen LogP contribution in [0.2, 0.25) is 0 Å². The first-order valence-corrected chi connectivity index (χ1v) is 6.14. The summed E-state index contributed by atoms with van der Waals surface area (Å²) < 4.78 is 0. The molecule has 2 N–H and O–H groups in total. The van der Waals surface area contributed by atoms with Crippen LogP contribution in [-0.2, 0) is 9.59 Å². The van der Waals surface area contributed by atoms with Crippen LogP contribution in [0.15, 0.2) is 18.2 Å². The second kappa shape index (κ2) is 7.26. The molecule has 0 aliphatic heterocycles. The highest BCUT2D eigenvalue weighted by Gasteiger charge is 2.08. The molecular weight excluding hydrogens is 256 g/mol. The van der Waals surface area contributed by atoms with Gasteiger partial charge in [-0.2, -0.15) is 5.26 Å². The van der Waals surface area contributed by atoms with E-state index in [0.717, 1.165) is 5.56 Å². The van der Waals surface area contributed by atoms with E-state index in [1.54, 1.807) is 29.2 Å². The highest BCUT2D eigenvalue weighted by Crippen LogP contribution is 2.20. The third-order valence-corrected chi connectivity index (χ3v) is 2.49. The van der Waals surface area contributed by atoms with Crippen LogP contribution in [0.1, 0.15) is 12.0 Å². The van der Waals surface area contributed by atoms with Crippen molar-refractivity contribution in [2.45, 2.75) is 13.3 Å². The minimum Gasteiger partial charge on any atom is -0.325 e. The molecule has 106 valence electrons. The van der Waals surface area contributed by atoms with Crippen LogP contribution in [0.3, 0.4) is 0 Å². The van der Waals surface area contributed by atoms with Gasteiger partial charge in [-0.25, -0.2) is 0 Å². The van der Waals surface area contributed by atoms with Gasteiger partial charge >= 0.3 is 0 Å². The molecule has 0 saturated carbocycles. The Kier molecular flexibility index (Phi) is 5.69. The molecule has 0 saturated heterocycles. The predicted molar refractivity (Wildman–Crippen MR) is 77.2 cm³/mol. The Balaban J connectivity index is 2.78. The normalized spacial score (nSPS) is 9.95. The standard InChI is InChI=1S/C14H18N4O2/c1-10-4-5-11(16-14(20)9-18(2)3)8-12(10)17-13(19)6-7-15/h4-5,8H,6,9H2,1-3H3,(H,16,20)(H,17,19). The van der Waals surface area contributed by atoms with Gasteiger partial charge in [0.25, 0.3) is 0 Å². The Hall–Kier alpha value is -2.39. The van der Waals surface area contributed by atoms with E-state index in [1.165, 1.54) is 0 Å². The number of carbonyl (C=O) groups excluding carboxylic acids is 2. The second-order valence-electron chi connectivity index (χ2n) is 4.70. The number of likely N-dealkylation sites (N-methyl/N-ethyl adjacent to an activating group) is 1. The lowest BCUT2D eigenvalue weighted by Crippen LogP contribution is -2.27. The van der Waals surface area contributed by atoms with E-state index < -0.39 is 0 Å². The molecule has 1 aromatic rings. The van der Waals surface area contributed by atoms with Crippen molar-refractivity contribution in [2.75, 3.05) is 31.3 Å². The summed E-state index contributed by atoms with van der Waals surface area (Å²) in [6.07, 6.45) is -0.198. The zero-order valence-corrected chi connectivity index (χ0v) is 11.9. The molecule has 0 spiro atoms. The fourth-order valence-electron chi connectivity index (χ4n) is 1.59. The molecular formula is C14H18N4O2. The van der Waals surface area contributed by atoms with Crippen molar-refractivity contribution < 1.29 is 9.59 Å². The summed E-state index contributed by atoms with van der Waals surface area (Å²) in [7, 11) is 3.62. The predicted octanol–water partition coefficient (Wildman–Crippen LogP) is 1.35. The van der Waals surface area contributed by atoms with Crippen LogP contribution >= 0.6 is 0 Å². The Morgan fingerprint density at radius 1 is 1.25 bits per heavy atom. The molecule has 0 unspecified atom stereocenters. The van der Waals surface area contributed by atoms with E-state index in [4.69, 9.17) is 5.26 Å². The largest absolute Gasteiger partial charge is 0.325 e. The highest BCUT2D eigenvalue weighted by molar-refractivity contribution is 5.95. The van der Waals surface area contributed by atoms with Gasteiger partial charge < -0.3 is 15.5 Å². The van der Waals surface area contributed by atoms with Crippen molar-refractivity contribution in [2.24, 2.45) is 0 Å². The van der Waals surface area contributed by atoms with Crippen molar-refractivity contribution in [3.05, 3.63) is 23.8 Å². The van der Waals surface area contributed by atoms with Gasteiger partial charge in [0.2, 0.25) is 11.8 Å². The first kappa shape index (κ1) is 15.7. The van der Waals surface area contributed by atoms with E-state index >= 15 is 0 Å². The molecule has 0 heterocycles. The number of hydrogen-bond acceptors (Lipinski definition) is 4. The number of carbonyl (C=O) groups is 2. The lowest BCUT2D eigenvalue weighted by Gasteiger charge is -2.12. The Labute approximate surface area is 118 Å². The fourth-order valence-corrected chi connectivity index (χ4v) is 1.59. The van der Waals surface area contributed by atoms with Crippen molar-refractivity contribution in [3.63, 3.8) is 0 Å². The van der Waals surface area contributed by atoms with Gasteiger partial charge in [0.05, 0.1) is 12.6 Å². The monoisotopic (exact) mass is 274 g/mol. The number of benzene rings is 1. The SMILES string of the molecule is Cc1ccc(NC(=O)CN(C)C)cc1NC(=O)CC#N. The van der Waals surface area contributed by atoms with Crippen LogP contribution in [0.5, 0.6) is 0 Å². The number of nitriles is 1. The van der Waals surface area contributed by atoms with Crippen LogP contribution in [-0.4, -0.2) is 37.4 Å². The molecule has 0 fully saturated rings. The zero-order chi connectivity index (χ0) is 15.1. The minimum absolute atomic E-state index is 0.131. The fraction of sp³-hybridized carbons (Fsp3) is 0.357. The topological polar surface area (TPSA) is 85.2 Å². The highest BCUT2D eigenvalue weighted by atomic mass is 16.2. The number of nitrogens with one attached hydrogen (secondary N) is 2. The molecule has 20 heavy (non-hydrogen) atoms. The number of hydrogen-bond donors (Lipinski definition) is 2. The summed E-state index contributed by atoms with van der Waals surface area (Å²) >= 11 is 0. The van der Waals surface area contributed by atoms with Crippen molar-refractivity contribution in [1.82, 2.24) is 4.90 Å². The molecule has 0 aromatic heterocycles. The van der Waals surface area contributed by atoms with E-state index in [1.807, 2.05) is 21.0 Å². The van der Waals surface area contributed by atoms with Gasteiger partial charge in [-0.1, -0.05) is 6.07 Å². The Bertz CT molecular complexity index is 547. The van der Waals surface area contributed by atoms with E-state index in [-0.39, 0.29) is 24.8 Å². The van der Waals surface area contributed by atoms with Gasteiger partial charge in [-0.15, -0.1) is 0 Å². The number of aryl methyl sites for hydroxylation is 1. The molecule has 0 radical (unpaired) electrons. The van der Waals surface area contributed by atoms with Crippen LogP contribution < -0.4 is 10.6 Å². The van der Waals surface area contributed by atoms with Gasteiger partial charge in [-0.05, 0) is 38.7 Å². The molecule has 1 aromatic carbocycles. The maximum absolute atomic E-state index is 11.7. The molecule has 6 nitrogen and oxygen atoms in total. The van der Waals surface area contributed by atoms with E-state index in [0.29, 0.717) is 11.4 Å². The van der Waals surface area contributed by atoms with Crippen LogP contribution in [0.4, 0.5) is 11.4 Å². The smallest absolute Gasteiger partial charge is 0.238 e. The summed E-state index contributed by atoms with van der Waals surface area (Å²) in [5.41, 5.74) is 2.06. The third kappa shape index (κ3) is 5.08. The number of anilines is 2. The van der Waals surface area contributed by atoms with E-state index in [9.17, 15) is 9.59 Å². The molecule has 0 aliphatic carbocycles. The number of amides is 2. The Morgan fingerprint density at radius 3 is 2.55 bits per heavy atom. The lowest BCUT2D eigenvalue weighted by atomic mass is 10.1. The van der Waals surface area contributed by atoms with Gasteiger partial charge in [0.1, 0.15) is 6.42 Å². The molecule has 0 bridgehead atoms. The number of nitrogens with zero attached hydrogens (tertiary/aromatic N) is 2. The maximum atomic E-state index is 11.7. The zero-order valence-electron chi connectivity index (χ0n) is 11.9. The van der Waals surface area contributed by atoms with E-state index in [2.05, 4.69) is 10.6 Å². The van der Waals surface area contributed by atoms with Gasteiger partial charge in [0, 0.05) is 11.4 Å². The van der Waals surface area contributed by atoms with Crippen molar-refractivity contribution >= 4 is 23.2 Å². The first-order valence-electron chi connectivity index (χ1n) is 6.14. The van der Waals surface area contributed by atoms with Crippen molar-refractivity contribution in [3.8, 4) is 6.07 Å². The Morgan fingerprint density at radius 2 is 1.95 bits per heavy atom. The molecule has 6 heteroatoms. The molecule has 0 aliphatic rings. The summed E-state index contributed by atoms with van der Waals surface area (Å²) in [5.74, 6) is -0.500. The average molecular weight is 274 g/mol. The first-order chi connectivity index (χ1) is 9.42. The maximum Gasteiger partial charge on any atom is 0.238 e. The third-order valence-electron chi connectivity index (χ3n) is 2.49. The average Bonchev–Trinajstić information content (AvgIpc) is 2.32. The summed E-state index contributed by atoms with van der Waals surface area (Å²) in [6, 6.07) is 7.03. The number of rotatable bonds is 5. The summed E-state index contributed by atoms with van der Waals surface area (Å²) in [5, 5.41) is 13.9. The lowest BCUT2D eigenvalue weighted by molar-refractivity contribution is -0.117. The molecule has 0 atom stereocenters. The van der Waals surface area contributed by atoms with Gasteiger partial charge in [0.15, 0.2) is 0 Å². The summed E-state index contributed by atoms with van der Waals surface area (Å²) in [4.78, 5) is 24.8. The molecule has 2 amide bonds.